The molecule has 150 valence electrons. The third-order valence-corrected chi connectivity index (χ3v) is 6.36. The lowest BCUT2D eigenvalue weighted by molar-refractivity contribution is -0.120. The van der Waals surface area contributed by atoms with Crippen molar-refractivity contribution in [1.29, 1.82) is 0 Å². The number of ketones is 1. The zero-order valence-corrected chi connectivity index (χ0v) is 17.3. The maximum absolute atomic E-state index is 12.6. The first-order valence-electron chi connectivity index (χ1n) is 9.65. The third-order valence-electron chi connectivity index (χ3n) is 5.28. The Hall–Kier alpha value is -2.93. The van der Waals surface area contributed by atoms with Gasteiger partial charge in [-0.3, -0.25) is 9.59 Å². The maximum atomic E-state index is 12.6. The molecule has 6 nitrogen and oxygen atoms in total. The summed E-state index contributed by atoms with van der Waals surface area (Å²) in [6, 6.07) is 12.9. The van der Waals surface area contributed by atoms with Crippen LogP contribution in [0.2, 0.25) is 0 Å². The van der Waals surface area contributed by atoms with Crippen LogP contribution in [0.1, 0.15) is 30.1 Å². The number of Topliss-reactive ketones (excluding diaryl/α,β-unsaturated/α-hetero) is 1. The van der Waals surface area contributed by atoms with Crippen LogP contribution >= 0.6 is 11.3 Å². The number of piperidine rings is 1. The van der Waals surface area contributed by atoms with Gasteiger partial charge in [0.15, 0.2) is 10.9 Å². The average Bonchev–Trinajstić information content (AvgIpc) is 3.17. The molecular formula is C22H23N3O3S. The molecule has 1 amide bonds. The van der Waals surface area contributed by atoms with Gasteiger partial charge < -0.3 is 15.0 Å². The number of benzene rings is 2. The molecule has 0 saturated carbocycles. The van der Waals surface area contributed by atoms with E-state index in [4.69, 9.17) is 9.72 Å². The number of rotatable bonds is 5. The second-order valence-electron chi connectivity index (χ2n) is 7.21. The molecule has 0 atom stereocenters. The van der Waals surface area contributed by atoms with Gasteiger partial charge in [-0.05, 0) is 62.2 Å². The first-order chi connectivity index (χ1) is 14.0. The maximum Gasteiger partial charge on any atom is 0.227 e. The van der Waals surface area contributed by atoms with Gasteiger partial charge in [0.05, 0.1) is 17.3 Å². The molecule has 0 radical (unpaired) electrons. The number of nitrogens with zero attached hydrogens (tertiary/aromatic N) is 2. The van der Waals surface area contributed by atoms with Crippen LogP contribution < -0.4 is 15.0 Å². The van der Waals surface area contributed by atoms with Crippen molar-refractivity contribution in [1.82, 2.24) is 4.98 Å². The summed E-state index contributed by atoms with van der Waals surface area (Å²) in [6.45, 7) is 3.14. The van der Waals surface area contributed by atoms with Gasteiger partial charge in [-0.2, -0.15) is 0 Å². The summed E-state index contributed by atoms with van der Waals surface area (Å²) in [7, 11) is 1.66. The molecule has 1 fully saturated rings. The van der Waals surface area contributed by atoms with Crippen molar-refractivity contribution < 1.29 is 14.3 Å². The molecule has 1 N–H and O–H groups in total. The zero-order chi connectivity index (χ0) is 20.4. The molecule has 1 aliphatic heterocycles. The Kier molecular flexibility index (Phi) is 5.49. The highest BCUT2D eigenvalue weighted by Gasteiger charge is 2.26. The summed E-state index contributed by atoms with van der Waals surface area (Å²) in [4.78, 5) is 31.0. The van der Waals surface area contributed by atoms with Gasteiger partial charge in [0, 0.05) is 30.3 Å². The van der Waals surface area contributed by atoms with E-state index in [1.54, 1.807) is 42.7 Å². The van der Waals surface area contributed by atoms with Crippen molar-refractivity contribution in [3.05, 3.63) is 48.0 Å². The lowest BCUT2D eigenvalue weighted by atomic mass is 9.96. The van der Waals surface area contributed by atoms with Crippen LogP contribution in [0.25, 0.3) is 10.2 Å². The number of carbonyl (C=O) groups excluding carboxylic acids is 2. The number of thiazole rings is 1. The Balaban J connectivity index is 1.36. The third kappa shape index (κ3) is 4.24. The van der Waals surface area contributed by atoms with Crippen molar-refractivity contribution in [2.75, 3.05) is 30.4 Å². The first kappa shape index (κ1) is 19.4. The number of hydrogen-bond acceptors (Lipinski definition) is 6. The van der Waals surface area contributed by atoms with E-state index < -0.39 is 0 Å². The molecule has 1 saturated heterocycles. The molecule has 2 heterocycles. The standard InChI is InChI=1S/C22H23N3O3S/c1-14(26)15-3-5-17(6-4-15)23-21(27)16-9-11-25(12-10-16)22-24-19-8-7-18(28-2)13-20(19)29-22/h3-8,13,16H,9-12H2,1-2H3,(H,23,27). The van der Waals surface area contributed by atoms with Crippen LogP contribution in [0.3, 0.4) is 0 Å². The van der Waals surface area contributed by atoms with Gasteiger partial charge in [0.2, 0.25) is 5.91 Å². The second-order valence-corrected chi connectivity index (χ2v) is 8.22. The molecule has 3 aromatic rings. The summed E-state index contributed by atoms with van der Waals surface area (Å²) >= 11 is 1.66. The summed E-state index contributed by atoms with van der Waals surface area (Å²) < 4.78 is 6.39. The molecule has 0 unspecified atom stereocenters. The van der Waals surface area contributed by atoms with Crippen molar-refractivity contribution >= 4 is 44.1 Å². The molecule has 0 aliphatic carbocycles. The van der Waals surface area contributed by atoms with Crippen LogP contribution in [-0.4, -0.2) is 36.9 Å². The summed E-state index contributed by atoms with van der Waals surface area (Å²) in [6.07, 6.45) is 1.58. The second kappa shape index (κ2) is 8.21. The van der Waals surface area contributed by atoms with E-state index >= 15 is 0 Å². The lowest BCUT2D eigenvalue weighted by Crippen LogP contribution is -2.38. The highest BCUT2D eigenvalue weighted by Crippen LogP contribution is 2.33. The molecule has 0 spiro atoms. The topological polar surface area (TPSA) is 71.5 Å². The van der Waals surface area contributed by atoms with Crippen LogP contribution in [-0.2, 0) is 4.79 Å². The number of nitrogens with one attached hydrogen (secondary N) is 1. The van der Waals surface area contributed by atoms with Crippen LogP contribution in [0, 0.1) is 5.92 Å². The average molecular weight is 410 g/mol. The van der Waals surface area contributed by atoms with E-state index in [1.165, 1.54) is 6.92 Å². The minimum absolute atomic E-state index is 0.0172. The van der Waals surface area contributed by atoms with E-state index in [9.17, 15) is 9.59 Å². The van der Waals surface area contributed by atoms with E-state index in [2.05, 4.69) is 10.2 Å². The number of ether oxygens (including phenoxy) is 1. The fourth-order valence-corrected chi connectivity index (χ4v) is 4.57. The SMILES string of the molecule is COc1ccc2nc(N3CCC(C(=O)Nc4ccc(C(C)=O)cc4)CC3)sc2c1. The zero-order valence-electron chi connectivity index (χ0n) is 16.5. The molecular weight excluding hydrogens is 386 g/mol. The fraction of sp³-hybridized carbons (Fsp3) is 0.318. The molecule has 0 bridgehead atoms. The number of hydrogen-bond donors (Lipinski definition) is 1. The quantitative estimate of drug-likeness (QED) is 0.634. The highest BCUT2D eigenvalue weighted by molar-refractivity contribution is 7.22. The van der Waals surface area contributed by atoms with Crippen LogP contribution in [0.5, 0.6) is 5.75 Å². The van der Waals surface area contributed by atoms with E-state index in [0.717, 1.165) is 52.7 Å². The van der Waals surface area contributed by atoms with Crippen molar-refractivity contribution in [3.63, 3.8) is 0 Å². The molecule has 1 aromatic heterocycles. The predicted molar refractivity (Wildman–Crippen MR) is 116 cm³/mol. The Morgan fingerprint density at radius 1 is 1.14 bits per heavy atom. The van der Waals surface area contributed by atoms with Gasteiger partial charge >= 0.3 is 0 Å². The number of carbonyl (C=O) groups is 2. The number of fused-ring (bicyclic) bond motifs is 1. The lowest BCUT2D eigenvalue weighted by Gasteiger charge is -2.31. The number of aromatic nitrogens is 1. The number of anilines is 2. The Morgan fingerprint density at radius 2 is 1.86 bits per heavy atom. The van der Waals surface area contributed by atoms with Gasteiger partial charge in [0.25, 0.3) is 0 Å². The molecule has 4 rings (SSSR count). The highest BCUT2D eigenvalue weighted by atomic mass is 32.1. The number of amides is 1. The summed E-state index contributed by atoms with van der Waals surface area (Å²) in [5, 5.41) is 3.96. The van der Waals surface area contributed by atoms with Crippen molar-refractivity contribution in [3.8, 4) is 5.75 Å². The van der Waals surface area contributed by atoms with Gasteiger partial charge in [-0.1, -0.05) is 11.3 Å². The smallest absolute Gasteiger partial charge is 0.227 e. The van der Waals surface area contributed by atoms with Gasteiger partial charge in [-0.25, -0.2) is 4.98 Å². The Bertz CT molecular complexity index is 1040. The predicted octanol–water partition coefficient (Wildman–Crippen LogP) is 4.36. The normalized spacial score (nSPS) is 14.8. The molecule has 29 heavy (non-hydrogen) atoms. The van der Waals surface area contributed by atoms with E-state index in [-0.39, 0.29) is 17.6 Å². The van der Waals surface area contributed by atoms with Crippen LogP contribution in [0.4, 0.5) is 10.8 Å². The van der Waals surface area contributed by atoms with Crippen molar-refractivity contribution in [2.24, 2.45) is 5.92 Å². The van der Waals surface area contributed by atoms with E-state index in [1.807, 2.05) is 18.2 Å². The van der Waals surface area contributed by atoms with E-state index in [0.29, 0.717) is 5.56 Å². The van der Waals surface area contributed by atoms with Crippen LogP contribution in [0.15, 0.2) is 42.5 Å². The first-order valence-corrected chi connectivity index (χ1v) is 10.5. The number of methoxy groups -OCH3 is 1. The Labute approximate surface area is 173 Å². The monoisotopic (exact) mass is 409 g/mol. The van der Waals surface area contributed by atoms with Gasteiger partial charge in [0.1, 0.15) is 5.75 Å². The molecule has 1 aliphatic rings. The molecule has 7 heteroatoms. The summed E-state index contributed by atoms with van der Waals surface area (Å²) in [5.41, 5.74) is 2.34. The minimum atomic E-state index is -0.0202. The molecule has 2 aromatic carbocycles. The summed E-state index contributed by atoms with van der Waals surface area (Å²) in [5.74, 6) is 0.866. The fourth-order valence-electron chi connectivity index (χ4n) is 3.52. The Morgan fingerprint density at radius 3 is 2.52 bits per heavy atom. The largest absolute Gasteiger partial charge is 0.497 e. The van der Waals surface area contributed by atoms with Gasteiger partial charge in [-0.15, -0.1) is 0 Å². The van der Waals surface area contributed by atoms with Crippen molar-refractivity contribution in [2.45, 2.75) is 19.8 Å². The minimum Gasteiger partial charge on any atom is -0.497 e.